The number of fused-ring (bicyclic) bond motifs is 1. The Morgan fingerprint density at radius 2 is 1.95 bits per heavy atom. The molecule has 1 saturated carbocycles. The molecule has 0 saturated heterocycles. The van der Waals surface area contributed by atoms with Gasteiger partial charge in [0.05, 0.1) is 16.2 Å². The van der Waals surface area contributed by atoms with Crippen LogP contribution >= 0.6 is 0 Å². The lowest BCUT2D eigenvalue weighted by Gasteiger charge is -2.23. The van der Waals surface area contributed by atoms with E-state index >= 15 is 0 Å². The van der Waals surface area contributed by atoms with Crippen molar-refractivity contribution in [2.45, 2.75) is 50.0 Å². The van der Waals surface area contributed by atoms with E-state index < -0.39 is 16.0 Å². The molecule has 9 nitrogen and oxygen atoms in total. The van der Waals surface area contributed by atoms with Gasteiger partial charge in [-0.25, -0.2) is 13.2 Å². The number of carboxylic acid groups (broad SMARTS) is 1. The van der Waals surface area contributed by atoms with Crippen molar-refractivity contribution in [3.8, 4) is 5.69 Å². The quantitative estimate of drug-likeness (QED) is 0.388. The highest BCUT2D eigenvalue weighted by Gasteiger charge is 2.45. The number of nitrogens with zero attached hydrogens (tertiary/aromatic N) is 5. The summed E-state index contributed by atoms with van der Waals surface area (Å²) in [4.78, 5) is 12.5. The molecule has 10 heteroatoms. The van der Waals surface area contributed by atoms with Gasteiger partial charge in [-0.1, -0.05) is 42.0 Å². The number of hydrogen-bond donors (Lipinski definition) is 1. The van der Waals surface area contributed by atoms with Gasteiger partial charge in [0.15, 0.2) is 0 Å². The molecule has 2 aromatic heterocycles. The van der Waals surface area contributed by atoms with Gasteiger partial charge in [0.1, 0.15) is 0 Å². The van der Waals surface area contributed by atoms with Crippen LogP contribution in [0.4, 0.5) is 0 Å². The number of sulfonamides is 1. The number of benzene rings is 2. The van der Waals surface area contributed by atoms with Gasteiger partial charge < -0.3 is 9.67 Å². The van der Waals surface area contributed by atoms with Crippen molar-refractivity contribution in [3.63, 3.8) is 0 Å². The Kier molecular flexibility index (Phi) is 6.19. The number of hydrogen-bond acceptors (Lipinski definition) is 5. The van der Waals surface area contributed by atoms with E-state index in [1.807, 2.05) is 61.1 Å². The third kappa shape index (κ3) is 4.68. The Hall–Kier alpha value is -3.76. The summed E-state index contributed by atoms with van der Waals surface area (Å²) in [5.41, 5.74) is 5.43. The van der Waals surface area contributed by atoms with Gasteiger partial charge in [0.25, 0.3) is 0 Å². The van der Waals surface area contributed by atoms with E-state index in [0.717, 1.165) is 40.2 Å². The van der Waals surface area contributed by atoms with Crippen LogP contribution < -0.4 is 0 Å². The fourth-order valence-corrected chi connectivity index (χ4v) is 7.65. The first-order valence-corrected chi connectivity index (χ1v) is 14.6. The zero-order chi connectivity index (χ0) is 27.5. The molecule has 1 fully saturated rings. The number of aryl methyl sites for hydroxylation is 2. The van der Waals surface area contributed by atoms with Gasteiger partial charge in [-0.05, 0) is 61.1 Å². The van der Waals surface area contributed by atoms with Crippen molar-refractivity contribution in [2.75, 3.05) is 6.54 Å². The maximum Gasteiger partial charge on any atom is 0.337 e. The highest BCUT2D eigenvalue weighted by molar-refractivity contribution is 7.89. The van der Waals surface area contributed by atoms with Gasteiger partial charge >= 0.3 is 5.97 Å². The Morgan fingerprint density at radius 3 is 2.69 bits per heavy atom. The van der Waals surface area contributed by atoms with Gasteiger partial charge in [-0.3, -0.25) is 4.68 Å². The zero-order valence-corrected chi connectivity index (χ0v) is 23.0. The van der Waals surface area contributed by atoms with Crippen LogP contribution in [0, 0.1) is 12.8 Å². The fraction of sp³-hybridized carbons (Fsp3) is 0.345. The highest BCUT2D eigenvalue weighted by Crippen LogP contribution is 2.55. The molecule has 0 spiro atoms. The molecule has 3 atom stereocenters. The summed E-state index contributed by atoms with van der Waals surface area (Å²) in [6.07, 6.45) is 5.17. The van der Waals surface area contributed by atoms with E-state index in [1.54, 1.807) is 27.3 Å². The zero-order valence-electron chi connectivity index (χ0n) is 22.2. The molecule has 2 aliphatic rings. The fourth-order valence-electron chi connectivity index (χ4n) is 5.89. The second-order valence-electron chi connectivity index (χ2n) is 10.9. The summed E-state index contributed by atoms with van der Waals surface area (Å²) in [6, 6.07) is 14.9. The summed E-state index contributed by atoms with van der Waals surface area (Å²) >= 11 is 0. The van der Waals surface area contributed by atoms with E-state index in [9.17, 15) is 18.3 Å². The lowest BCUT2D eigenvalue weighted by molar-refractivity contribution is 0.0695. The number of aromatic nitrogens is 4. The molecule has 0 amide bonds. The molecule has 1 aliphatic heterocycles. The van der Waals surface area contributed by atoms with Crippen molar-refractivity contribution in [2.24, 2.45) is 13.0 Å². The predicted molar refractivity (Wildman–Crippen MR) is 145 cm³/mol. The second kappa shape index (κ2) is 9.46. The molecule has 39 heavy (non-hydrogen) atoms. The minimum absolute atomic E-state index is 0.0123. The highest BCUT2D eigenvalue weighted by atomic mass is 32.2. The first-order chi connectivity index (χ1) is 18.6. The molecule has 0 unspecified atom stereocenters. The van der Waals surface area contributed by atoms with E-state index in [1.165, 1.54) is 0 Å². The van der Waals surface area contributed by atoms with Crippen LogP contribution in [0.3, 0.4) is 0 Å². The lowest BCUT2D eigenvalue weighted by atomic mass is 9.99. The molecule has 6 rings (SSSR count). The number of rotatable bonds is 6. The normalized spacial score (nSPS) is 22.3. The Balaban J connectivity index is 1.33. The summed E-state index contributed by atoms with van der Waals surface area (Å²) in [7, 11) is -1.85. The largest absolute Gasteiger partial charge is 0.478 e. The third-order valence-corrected chi connectivity index (χ3v) is 9.68. The standard InChI is InChI=1S/C29H31N5O4S/c1-18-7-8-27-21(11-18)12-19(2)15-33(39(27,37)38)16-20-5-4-6-22(13-20)34-10-9-23(29(35)36)28(34)25-14-24(25)26-17-32(3)31-30-26/h4-11,13,17,19,24-25H,12,14-16H2,1-3H3,(H,35,36)/t19-,24+,25+/m0/s1. The minimum atomic E-state index is -3.67. The molecule has 1 N–H and O–H groups in total. The van der Waals surface area contributed by atoms with Gasteiger partial charge in [-0.2, -0.15) is 4.31 Å². The van der Waals surface area contributed by atoms with Crippen LogP contribution in [0.2, 0.25) is 0 Å². The van der Waals surface area contributed by atoms with Gasteiger partial charge in [0.2, 0.25) is 10.0 Å². The minimum Gasteiger partial charge on any atom is -0.478 e. The predicted octanol–water partition coefficient (Wildman–Crippen LogP) is 4.27. The van der Waals surface area contributed by atoms with Crippen LogP contribution in [0.5, 0.6) is 0 Å². The van der Waals surface area contributed by atoms with Crippen molar-refractivity contribution in [1.29, 1.82) is 0 Å². The van der Waals surface area contributed by atoms with Gasteiger partial charge in [-0.15, -0.1) is 5.10 Å². The average Bonchev–Trinajstić information content (AvgIpc) is 3.35. The molecule has 1 aliphatic carbocycles. The summed E-state index contributed by atoms with van der Waals surface area (Å²) in [6.45, 7) is 4.73. The number of aromatic carboxylic acids is 1. The van der Waals surface area contributed by atoms with Crippen molar-refractivity contribution in [3.05, 3.63) is 94.6 Å². The van der Waals surface area contributed by atoms with Crippen LogP contribution in [0.25, 0.3) is 5.69 Å². The summed E-state index contributed by atoms with van der Waals surface area (Å²) in [5.74, 6) is -0.671. The van der Waals surface area contributed by atoms with E-state index in [4.69, 9.17) is 0 Å². The molecule has 2 aromatic carbocycles. The topological polar surface area (TPSA) is 110 Å². The van der Waals surface area contributed by atoms with Crippen LogP contribution in [-0.4, -0.2) is 49.9 Å². The van der Waals surface area contributed by atoms with Crippen molar-refractivity contribution >= 4 is 16.0 Å². The third-order valence-electron chi connectivity index (χ3n) is 7.76. The maximum atomic E-state index is 13.7. The molecular formula is C29H31N5O4S. The first-order valence-electron chi connectivity index (χ1n) is 13.1. The molecule has 0 bridgehead atoms. The SMILES string of the molecule is Cc1ccc2c(c1)C[C@H](C)CN(Cc1cccc(-n3ccc(C(=O)O)c3[C@@H]3C[C@H]3c3cn(C)nn3)c1)S2(=O)=O. The Morgan fingerprint density at radius 1 is 1.13 bits per heavy atom. The van der Waals surface area contributed by atoms with Crippen molar-refractivity contribution in [1.82, 2.24) is 23.9 Å². The molecule has 0 radical (unpaired) electrons. The van der Waals surface area contributed by atoms with Gasteiger partial charge in [0, 0.05) is 55.7 Å². The van der Waals surface area contributed by atoms with E-state index in [-0.39, 0.29) is 29.9 Å². The van der Waals surface area contributed by atoms with E-state index in [0.29, 0.717) is 17.9 Å². The lowest BCUT2D eigenvalue weighted by Crippen LogP contribution is -2.32. The summed E-state index contributed by atoms with van der Waals surface area (Å²) < 4.78 is 32.5. The second-order valence-corrected chi connectivity index (χ2v) is 12.8. The maximum absolute atomic E-state index is 13.7. The molecular weight excluding hydrogens is 514 g/mol. The van der Waals surface area contributed by atoms with E-state index in [2.05, 4.69) is 17.2 Å². The Labute approximate surface area is 227 Å². The number of carbonyl (C=O) groups is 1. The molecule has 3 heterocycles. The molecule has 4 aromatic rings. The molecule has 202 valence electrons. The van der Waals surface area contributed by atoms with Crippen LogP contribution in [-0.2, 0) is 30.0 Å². The summed E-state index contributed by atoms with van der Waals surface area (Å²) in [5, 5.41) is 18.2. The average molecular weight is 546 g/mol. The monoisotopic (exact) mass is 545 g/mol. The number of carboxylic acids is 1. The first kappa shape index (κ1) is 25.5. The van der Waals surface area contributed by atoms with Crippen molar-refractivity contribution < 1.29 is 18.3 Å². The van der Waals surface area contributed by atoms with Crippen LogP contribution in [0.15, 0.2) is 65.8 Å². The Bertz CT molecular complexity index is 1690. The smallest absolute Gasteiger partial charge is 0.337 e. The van der Waals surface area contributed by atoms with Crippen LogP contribution in [0.1, 0.15) is 63.6 Å².